The summed E-state index contributed by atoms with van der Waals surface area (Å²) in [6.45, 7) is 0.0570. The molecule has 0 amide bonds. The van der Waals surface area contributed by atoms with Crippen LogP contribution in [0.15, 0.2) is 60.7 Å². The molecule has 0 aliphatic rings. The summed E-state index contributed by atoms with van der Waals surface area (Å²) < 4.78 is 84.1. The molecule has 0 aliphatic carbocycles. The topological polar surface area (TPSA) is 93.1 Å². The Bertz CT molecular complexity index is 980. The van der Waals surface area contributed by atoms with Crippen molar-refractivity contribution in [3.05, 3.63) is 71.8 Å². The fraction of sp³-hybridized carbons (Fsp3) is 0.182. The summed E-state index contributed by atoms with van der Waals surface area (Å²) in [6, 6.07) is 10.4. The van der Waals surface area contributed by atoms with Crippen LogP contribution in [0.2, 0.25) is 0 Å². The molecular formula is C22H16F6O6. The van der Waals surface area contributed by atoms with Crippen molar-refractivity contribution < 1.29 is 55.6 Å². The second kappa shape index (κ2) is 10.8. The molecular weight excluding hydrogens is 474 g/mol. The summed E-state index contributed by atoms with van der Waals surface area (Å²) in [5.74, 6) is -5.52. The van der Waals surface area contributed by atoms with Crippen LogP contribution < -0.4 is 9.47 Å². The van der Waals surface area contributed by atoms with Crippen LogP contribution in [-0.2, 0) is 9.59 Å². The first kappa shape index (κ1) is 26.3. The number of aliphatic hydroxyl groups excluding tert-OH is 2. The Labute approximate surface area is 188 Å². The van der Waals surface area contributed by atoms with Crippen LogP contribution in [0.1, 0.15) is 11.1 Å². The predicted molar refractivity (Wildman–Crippen MR) is 107 cm³/mol. The van der Waals surface area contributed by atoms with E-state index < -0.39 is 35.4 Å². The fourth-order valence-electron chi connectivity index (χ4n) is 2.34. The quantitative estimate of drug-likeness (QED) is 0.217. The van der Waals surface area contributed by atoms with Crippen LogP contribution in [0.4, 0.5) is 26.3 Å². The number of ketones is 2. The second-order valence-corrected chi connectivity index (χ2v) is 6.53. The van der Waals surface area contributed by atoms with Crippen LogP contribution in [0.25, 0.3) is 11.5 Å². The third-order valence-electron chi connectivity index (χ3n) is 4.02. The van der Waals surface area contributed by atoms with Gasteiger partial charge in [0.15, 0.2) is 0 Å². The third kappa shape index (κ3) is 7.87. The van der Waals surface area contributed by atoms with Gasteiger partial charge in [-0.2, -0.15) is 26.3 Å². The van der Waals surface area contributed by atoms with Gasteiger partial charge < -0.3 is 19.7 Å². The molecule has 2 aromatic rings. The first-order valence-electron chi connectivity index (χ1n) is 9.27. The lowest BCUT2D eigenvalue weighted by Crippen LogP contribution is -2.20. The van der Waals surface area contributed by atoms with Crippen molar-refractivity contribution in [3.63, 3.8) is 0 Å². The van der Waals surface area contributed by atoms with Gasteiger partial charge in [0.2, 0.25) is 0 Å². The lowest BCUT2D eigenvalue weighted by molar-refractivity contribution is -0.165. The summed E-state index contributed by atoms with van der Waals surface area (Å²) >= 11 is 0. The molecule has 0 unspecified atom stereocenters. The normalized spacial score (nSPS) is 12.9. The summed E-state index contributed by atoms with van der Waals surface area (Å²) in [7, 11) is 0. The molecule has 0 radical (unpaired) electrons. The number of halogens is 6. The number of hydrogen-bond acceptors (Lipinski definition) is 6. The molecule has 6 nitrogen and oxygen atoms in total. The second-order valence-electron chi connectivity index (χ2n) is 6.53. The van der Waals surface area contributed by atoms with Crippen molar-refractivity contribution in [1.82, 2.24) is 0 Å². The van der Waals surface area contributed by atoms with E-state index >= 15 is 0 Å². The Morgan fingerprint density at radius 1 is 0.647 bits per heavy atom. The number of alkyl halides is 6. The van der Waals surface area contributed by atoms with Crippen molar-refractivity contribution in [3.8, 4) is 11.5 Å². The van der Waals surface area contributed by atoms with E-state index in [1.165, 1.54) is 48.5 Å². The van der Waals surface area contributed by atoms with Gasteiger partial charge in [-0.05, 0) is 48.5 Å². The standard InChI is InChI=1S/C22H16F6O6/c23-21(24,25)19(31)11-17(29)13-1-5-15(6-2-13)33-9-10-34-16-7-3-14(4-8-16)18(30)12-20(32)22(26,27)28/h1-8,11-12,29-30H,9-10H2/b17-11+,18-12+. The number of allylic oxidation sites excluding steroid dienone is 2. The molecule has 0 saturated heterocycles. The van der Waals surface area contributed by atoms with Crippen molar-refractivity contribution in [2.45, 2.75) is 12.4 Å². The van der Waals surface area contributed by atoms with E-state index in [2.05, 4.69) is 0 Å². The zero-order chi connectivity index (χ0) is 25.5. The van der Waals surface area contributed by atoms with Crippen molar-refractivity contribution >= 4 is 23.1 Å². The van der Waals surface area contributed by atoms with Crippen LogP contribution in [0.5, 0.6) is 11.5 Å². The molecule has 0 heterocycles. The molecule has 0 spiro atoms. The van der Waals surface area contributed by atoms with E-state index in [1.807, 2.05) is 0 Å². The average molecular weight is 490 g/mol. The number of carbonyl (C=O) groups excluding carboxylic acids is 2. The lowest BCUT2D eigenvalue weighted by atomic mass is 10.1. The molecule has 12 heteroatoms. The summed E-state index contributed by atoms with van der Waals surface area (Å²) in [4.78, 5) is 21.7. The highest BCUT2D eigenvalue weighted by Gasteiger charge is 2.37. The number of benzene rings is 2. The monoisotopic (exact) mass is 490 g/mol. The van der Waals surface area contributed by atoms with Gasteiger partial charge in [0.25, 0.3) is 11.6 Å². The Morgan fingerprint density at radius 3 is 1.21 bits per heavy atom. The van der Waals surface area contributed by atoms with Gasteiger partial charge in [-0.3, -0.25) is 9.59 Å². The molecule has 0 aromatic heterocycles. The first-order chi connectivity index (χ1) is 15.8. The third-order valence-corrected chi connectivity index (χ3v) is 4.02. The van der Waals surface area contributed by atoms with Gasteiger partial charge in [-0.1, -0.05) is 0 Å². The molecule has 34 heavy (non-hydrogen) atoms. The van der Waals surface area contributed by atoms with Crippen LogP contribution in [0.3, 0.4) is 0 Å². The Kier molecular flexibility index (Phi) is 8.33. The van der Waals surface area contributed by atoms with Gasteiger partial charge in [0.05, 0.1) is 0 Å². The summed E-state index contributed by atoms with van der Waals surface area (Å²) in [5, 5.41) is 19.2. The zero-order valence-electron chi connectivity index (χ0n) is 17.0. The highest BCUT2D eigenvalue weighted by molar-refractivity contribution is 5.99. The van der Waals surface area contributed by atoms with Crippen molar-refractivity contribution in [2.75, 3.05) is 13.2 Å². The largest absolute Gasteiger partial charge is 0.507 e. The molecule has 182 valence electrons. The van der Waals surface area contributed by atoms with Gasteiger partial charge in [-0.15, -0.1) is 0 Å². The number of hydrogen-bond donors (Lipinski definition) is 2. The minimum atomic E-state index is -5.10. The number of ether oxygens (including phenoxy) is 2. The molecule has 2 aromatic carbocycles. The highest BCUT2D eigenvalue weighted by atomic mass is 19.4. The van der Waals surface area contributed by atoms with Crippen LogP contribution in [-0.4, -0.2) is 47.3 Å². The summed E-state index contributed by atoms with van der Waals surface area (Å²) in [6.07, 6.45) is -10.1. The molecule has 2 rings (SSSR count). The van der Waals surface area contributed by atoms with Gasteiger partial charge in [-0.25, -0.2) is 0 Å². The Balaban J connectivity index is 1.85. The molecule has 0 fully saturated rings. The van der Waals surface area contributed by atoms with Crippen molar-refractivity contribution in [2.24, 2.45) is 0 Å². The van der Waals surface area contributed by atoms with Gasteiger partial charge in [0, 0.05) is 23.3 Å². The SMILES string of the molecule is O=C(/C=C(/O)c1ccc(OCCOc2ccc(/C(O)=C\C(=O)C(F)(F)F)cc2)cc1)C(F)(F)F. The fourth-order valence-corrected chi connectivity index (χ4v) is 2.34. The van der Waals surface area contributed by atoms with Crippen molar-refractivity contribution in [1.29, 1.82) is 0 Å². The van der Waals surface area contributed by atoms with E-state index in [4.69, 9.17) is 9.47 Å². The van der Waals surface area contributed by atoms with E-state index in [0.29, 0.717) is 11.5 Å². The first-order valence-corrected chi connectivity index (χ1v) is 9.27. The number of aliphatic hydroxyl groups is 2. The summed E-state index contributed by atoms with van der Waals surface area (Å²) in [5.41, 5.74) is -0.0638. The minimum Gasteiger partial charge on any atom is -0.507 e. The van der Waals surface area contributed by atoms with E-state index in [1.54, 1.807) is 0 Å². The number of carbonyl (C=O) groups is 2. The highest BCUT2D eigenvalue weighted by Crippen LogP contribution is 2.23. The molecule has 0 aliphatic heterocycles. The lowest BCUT2D eigenvalue weighted by Gasteiger charge is -2.10. The van der Waals surface area contributed by atoms with E-state index in [-0.39, 0.29) is 36.5 Å². The average Bonchev–Trinajstić information content (AvgIpc) is 2.76. The van der Waals surface area contributed by atoms with E-state index in [0.717, 1.165) is 0 Å². The molecule has 0 atom stereocenters. The minimum absolute atomic E-state index is 0.0285. The predicted octanol–water partition coefficient (Wildman–Crippen LogP) is 5.21. The smallest absolute Gasteiger partial charge is 0.454 e. The Morgan fingerprint density at radius 2 is 0.941 bits per heavy atom. The molecule has 0 bridgehead atoms. The zero-order valence-corrected chi connectivity index (χ0v) is 17.0. The van der Waals surface area contributed by atoms with Gasteiger partial charge in [0.1, 0.15) is 36.2 Å². The maximum absolute atomic E-state index is 12.2. The van der Waals surface area contributed by atoms with Gasteiger partial charge >= 0.3 is 12.4 Å². The maximum Gasteiger partial charge on any atom is 0.454 e. The molecule has 0 saturated carbocycles. The Hall–Kier alpha value is -3.96. The van der Waals surface area contributed by atoms with E-state index in [9.17, 15) is 46.1 Å². The molecule has 2 N–H and O–H groups in total. The maximum atomic E-state index is 12.2. The van der Waals surface area contributed by atoms with Crippen LogP contribution in [0, 0.1) is 0 Å². The van der Waals surface area contributed by atoms with Crippen LogP contribution >= 0.6 is 0 Å². The number of rotatable bonds is 9.